The van der Waals surface area contributed by atoms with Crippen LogP contribution in [0.5, 0.6) is 0 Å². The molecule has 2 fully saturated rings. The van der Waals surface area contributed by atoms with Crippen molar-refractivity contribution in [1.29, 1.82) is 0 Å². The molecule has 360 valence electrons. The van der Waals surface area contributed by atoms with Gasteiger partial charge >= 0.3 is 0 Å². The van der Waals surface area contributed by atoms with Gasteiger partial charge in [-0.15, -0.1) is 0 Å². The molecule has 69 heavy (non-hydrogen) atoms. The number of rotatable bonds is 20. The Hall–Kier alpha value is -6.20. The number of halogens is 3. The summed E-state index contributed by atoms with van der Waals surface area (Å²) in [6.45, 7) is 3.77. The topological polar surface area (TPSA) is 190 Å². The Morgan fingerprint density at radius 2 is 1.38 bits per heavy atom. The highest BCUT2D eigenvalue weighted by Crippen LogP contribution is 2.31. The molecule has 0 saturated carbocycles. The number of anilines is 1. The highest BCUT2D eigenvalue weighted by Gasteiger charge is 2.44. The van der Waals surface area contributed by atoms with Gasteiger partial charge in [-0.2, -0.15) is 0 Å². The zero-order valence-electron chi connectivity index (χ0n) is 37.7. The minimum atomic E-state index is -1.03. The third-order valence-corrected chi connectivity index (χ3v) is 12.7. The van der Waals surface area contributed by atoms with Crippen molar-refractivity contribution in [3.05, 3.63) is 145 Å². The summed E-state index contributed by atoms with van der Waals surface area (Å²) >= 11 is 18.7. The van der Waals surface area contributed by atoms with Crippen molar-refractivity contribution in [2.45, 2.75) is 44.7 Å². The van der Waals surface area contributed by atoms with Crippen LogP contribution >= 0.6 is 34.8 Å². The molecule has 0 bridgehead atoms. The minimum absolute atomic E-state index is 0.000449. The molecule has 3 aliphatic heterocycles. The van der Waals surface area contributed by atoms with Crippen LogP contribution in [0.15, 0.2) is 96.1 Å². The molecule has 2 atom stereocenters. The summed E-state index contributed by atoms with van der Waals surface area (Å²) < 4.78 is 16.9. The number of likely N-dealkylation sites (tertiary alicyclic amines) is 1. The standard InChI is InChI=1S/C51H50Cl3N5O10/c1-31-23-33(7-11-40(31)52)24-35-29-58(30-36(47(35)62)25-34-8-12-41(53)42(54)26-34)51(66)43(27-32-5-3-2-4-6-32)56-46(61)15-17-67-19-21-69-22-20-68-18-16-55-37-9-10-38-39(28-37)50(65)59(49(38)64)44-13-14-45(60)57-48(44)63/h2-12,23-26,28,43-44,55H,13-22,27,29-30H2,1H3,(H,56,61)(H,57,60,63)/b35-24+,36-25+/t43-,44?/m0/s1. The zero-order valence-corrected chi connectivity index (χ0v) is 40.0. The number of ketones is 1. The van der Waals surface area contributed by atoms with Crippen molar-refractivity contribution in [2.75, 3.05) is 64.6 Å². The normalized spacial score (nSPS) is 17.6. The number of nitrogens with zero attached hydrogens (tertiary/aromatic N) is 2. The molecular weight excluding hydrogens is 949 g/mol. The Labute approximate surface area is 414 Å². The fourth-order valence-electron chi connectivity index (χ4n) is 8.05. The number of hydrogen-bond acceptors (Lipinski definition) is 11. The fourth-order valence-corrected chi connectivity index (χ4v) is 8.47. The summed E-state index contributed by atoms with van der Waals surface area (Å²) in [7, 11) is 0. The molecule has 3 N–H and O–H groups in total. The van der Waals surface area contributed by atoms with E-state index in [1.165, 1.54) is 6.07 Å². The van der Waals surface area contributed by atoms with Crippen molar-refractivity contribution < 1.29 is 47.8 Å². The van der Waals surface area contributed by atoms with Crippen LogP contribution < -0.4 is 16.0 Å². The monoisotopic (exact) mass is 997 g/mol. The number of hydrogen-bond donors (Lipinski definition) is 3. The fraction of sp³-hybridized carbons (Fsp3) is 0.314. The molecule has 4 aromatic carbocycles. The molecule has 0 radical (unpaired) electrons. The van der Waals surface area contributed by atoms with Gasteiger partial charge in [0.1, 0.15) is 12.1 Å². The highest BCUT2D eigenvalue weighted by molar-refractivity contribution is 6.42. The number of ether oxygens (including phenoxy) is 3. The summed E-state index contributed by atoms with van der Waals surface area (Å²) in [5, 5.41) is 9.54. The van der Waals surface area contributed by atoms with Crippen LogP contribution in [0, 0.1) is 6.92 Å². The molecular formula is C51H50Cl3N5O10. The van der Waals surface area contributed by atoms with E-state index in [2.05, 4.69) is 16.0 Å². The van der Waals surface area contributed by atoms with E-state index in [0.717, 1.165) is 21.6 Å². The third-order valence-electron chi connectivity index (χ3n) is 11.6. The van der Waals surface area contributed by atoms with E-state index in [4.69, 9.17) is 49.0 Å². The van der Waals surface area contributed by atoms with Crippen LogP contribution in [0.3, 0.4) is 0 Å². The van der Waals surface area contributed by atoms with Crippen LogP contribution in [0.1, 0.15) is 62.2 Å². The second-order valence-corrected chi connectivity index (χ2v) is 17.8. The average Bonchev–Trinajstić information content (AvgIpc) is 3.57. The first-order chi connectivity index (χ1) is 33.2. The zero-order chi connectivity index (χ0) is 49.0. The quantitative estimate of drug-likeness (QED) is 0.0497. The predicted molar refractivity (Wildman–Crippen MR) is 261 cm³/mol. The first-order valence-corrected chi connectivity index (χ1v) is 23.5. The number of imide groups is 2. The summed E-state index contributed by atoms with van der Waals surface area (Å²) in [5.41, 5.74) is 4.80. The number of Topliss-reactive ketones (excluding diaryl/α,β-unsaturated/α-hetero) is 1. The number of amides is 6. The van der Waals surface area contributed by atoms with E-state index in [9.17, 15) is 33.6 Å². The Morgan fingerprint density at radius 3 is 2.04 bits per heavy atom. The van der Waals surface area contributed by atoms with Crippen molar-refractivity contribution in [3.8, 4) is 0 Å². The second kappa shape index (κ2) is 23.9. The molecule has 0 spiro atoms. The van der Waals surface area contributed by atoms with Crippen LogP contribution in [-0.4, -0.2) is 122 Å². The Bertz CT molecular complexity index is 2620. The summed E-state index contributed by atoms with van der Waals surface area (Å²) in [4.78, 5) is 94.2. The van der Waals surface area contributed by atoms with Crippen LogP contribution in [0.2, 0.25) is 15.1 Å². The number of aryl methyl sites for hydroxylation is 1. The van der Waals surface area contributed by atoms with Gasteiger partial charge in [0.25, 0.3) is 11.8 Å². The van der Waals surface area contributed by atoms with E-state index in [0.29, 0.717) is 63.8 Å². The van der Waals surface area contributed by atoms with E-state index in [-0.39, 0.29) is 87.3 Å². The first-order valence-electron chi connectivity index (χ1n) is 22.4. The van der Waals surface area contributed by atoms with Crippen LogP contribution in [0.4, 0.5) is 5.69 Å². The predicted octanol–water partition coefficient (Wildman–Crippen LogP) is 6.51. The maximum absolute atomic E-state index is 14.5. The molecule has 7 rings (SSSR count). The molecule has 4 aromatic rings. The van der Waals surface area contributed by atoms with E-state index in [1.807, 2.05) is 43.3 Å². The largest absolute Gasteiger partial charge is 0.383 e. The van der Waals surface area contributed by atoms with Gasteiger partial charge < -0.3 is 29.7 Å². The van der Waals surface area contributed by atoms with Gasteiger partial charge in [-0.25, -0.2) is 0 Å². The maximum Gasteiger partial charge on any atom is 0.262 e. The number of piperidine rings is 2. The van der Waals surface area contributed by atoms with Gasteiger partial charge in [0, 0.05) is 60.8 Å². The van der Waals surface area contributed by atoms with Crippen molar-refractivity contribution in [3.63, 3.8) is 0 Å². The molecule has 1 unspecified atom stereocenters. The lowest BCUT2D eigenvalue weighted by atomic mass is 9.93. The van der Waals surface area contributed by atoms with Crippen molar-refractivity contribution >= 4 is 93.9 Å². The molecule has 0 aromatic heterocycles. The Morgan fingerprint density at radius 1 is 0.739 bits per heavy atom. The number of benzene rings is 4. The summed E-state index contributed by atoms with van der Waals surface area (Å²) in [5.74, 6) is -3.21. The lowest BCUT2D eigenvalue weighted by Gasteiger charge is -2.33. The smallest absolute Gasteiger partial charge is 0.262 e. The lowest BCUT2D eigenvalue weighted by Crippen LogP contribution is -2.54. The van der Waals surface area contributed by atoms with E-state index < -0.39 is 35.7 Å². The molecule has 18 heteroatoms. The molecule has 2 saturated heterocycles. The maximum atomic E-state index is 14.5. The molecule has 15 nitrogen and oxygen atoms in total. The lowest BCUT2D eigenvalue weighted by molar-refractivity contribution is -0.137. The molecule has 3 aliphatic rings. The van der Waals surface area contributed by atoms with Gasteiger partial charge in [-0.05, 0) is 84.1 Å². The highest BCUT2D eigenvalue weighted by atomic mass is 35.5. The summed E-state index contributed by atoms with van der Waals surface area (Å²) in [6.07, 6.45) is 3.78. The van der Waals surface area contributed by atoms with E-state index in [1.54, 1.807) is 59.5 Å². The summed E-state index contributed by atoms with van der Waals surface area (Å²) in [6, 6.07) is 22.6. The SMILES string of the molecule is Cc1cc(/C=C2\CN(C(=O)[C@H](Cc3ccccc3)NC(=O)CCOCCOCCOCCNc3ccc4c(c3)C(=O)N(C3CCC(=O)NC3=O)C4=O)C/C(=C\c3ccc(Cl)c(Cl)c3)C2=O)ccc1Cl. The van der Waals surface area contributed by atoms with Crippen LogP contribution in [-0.2, 0) is 44.6 Å². The minimum Gasteiger partial charge on any atom is -0.383 e. The molecule has 0 aliphatic carbocycles. The van der Waals surface area contributed by atoms with Gasteiger partial charge in [0.2, 0.25) is 23.6 Å². The number of nitrogens with one attached hydrogen (secondary N) is 3. The van der Waals surface area contributed by atoms with Gasteiger partial charge in [-0.3, -0.25) is 43.8 Å². The van der Waals surface area contributed by atoms with Crippen molar-refractivity contribution in [2.24, 2.45) is 0 Å². The van der Waals surface area contributed by atoms with Gasteiger partial charge in [0.15, 0.2) is 5.78 Å². The van der Waals surface area contributed by atoms with E-state index >= 15 is 0 Å². The Balaban J connectivity index is 0.853. The average molecular weight is 999 g/mol. The first kappa shape index (κ1) is 50.7. The van der Waals surface area contributed by atoms with Gasteiger partial charge in [0.05, 0.1) is 60.8 Å². The second-order valence-electron chi connectivity index (χ2n) is 16.6. The molecule has 6 amide bonds. The Kier molecular flexibility index (Phi) is 17.5. The third kappa shape index (κ3) is 13.3. The van der Waals surface area contributed by atoms with Crippen LogP contribution in [0.25, 0.3) is 12.2 Å². The number of carbonyl (C=O) groups excluding carboxylic acids is 7. The molecule has 3 heterocycles. The number of carbonyl (C=O) groups is 7. The van der Waals surface area contributed by atoms with Gasteiger partial charge in [-0.1, -0.05) is 83.3 Å². The van der Waals surface area contributed by atoms with Crippen molar-refractivity contribution in [1.82, 2.24) is 20.4 Å². The number of fused-ring (bicyclic) bond motifs is 1.